The van der Waals surface area contributed by atoms with Crippen molar-refractivity contribution in [2.75, 3.05) is 26.7 Å². The van der Waals surface area contributed by atoms with Gasteiger partial charge < -0.3 is 10.2 Å². The Morgan fingerprint density at radius 1 is 1.53 bits per heavy atom. The molecule has 1 aromatic rings. The third-order valence-electron chi connectivity index (χ3n) is 3.20. The lowest BCUT2D eigenvalue weighted by atomic mass is 9.99. The number of hydrogen-bond acceptors (Lipinski definition) is 3. The molecule has 1 N–H and O–H groups in total. The third kappa shape index (κ3) is 3.27. The third-order valence-corrected chi connectivity index (χ3v) is 3.20. The SMILES string of the molecule is CN(CC1CCCNC1)C(=O)c1ccncc1. The van der Waals surface area contributed by atoms with Crippen LogP contribution in [0.1, 0.15) is 23.2 Å². The van der Waals surface area contributed by atoms with Crippen LogP contribution < -0.4 is 5.32 Å². The molecule has 0 bridgehead atoms. The number of carbonyl (C=O) groups excluding carboxylic acids is 1. The first-order valence-corrected chi connectivity index (χ1v) is 6.13. The molecule has 0 radical (unpaired) electrons. The molecule has 1 fully saturated rings. The summed E-state index contributed by atoms with van der Waals surface area (Å²) in [5, 5.41) is 3.37. The first-order chi connectivity index (χ1) is 8.27. The average Bonchev–Trinajstić information content (AvgIpc) is 2.40. The van der Waals surface area contributed by atoms with E-state index in [0.29, 0.717) is 11.5 Å². The Morgan fingerprint density at radius 2 is 2.29 bits per heavy atom. The molecule has 0 aliphatic carbocycles. The standard InChI is InChI=1S/C13H19N3O/c1-16(10-11-3-2-6-15-9-11)13(17)12-4-7-14-8-5-12/h4-5,7-8,11,15H,2-3,6,9-10H2,1H3. The van der Waals surface area contributed by atoms with E-state index in [1.807, 2.05) is 11.9 Å². The van der Waals surface area contributed by atoms with Crippen LogP contribution in [0, 0.1) is 5.92 Å². The fraction of sp³-hybridized carbons (Fsp3) is 0.538. The highest BCUT2D eigenvalue weighted by molar-refractivity contribution is 5.93. The van der Waals surface area contributed by atoms with Crippen molar-refractivity contribution in [1.29, 1.82) is 0 Å². The molecule has 1 aromatic heterocycles. The normalized spacial score (nSPS) is 19.9. The second kappa shape index (κ2) is 5.77. The van der Waals surface area contributed by atoms with Crippen LogP contribution in [0.4, 0.5) is 0 Å². The Morgan fingerprint density at radius 3 is 2.94 bits per heavy atom. The molecule has 1 aliphatic rings. The van der Waals surface area contributed by atoms with Gasteiger partial charge in [-0.3, -0.25) is 9.78 Å². The molecule has 2 heterocycles. The lowest BCUT2D eigenvalue weighted by molar-refractivity contribution is 0.0764. The molecule has 1 saturated heterocycles. The van der Waals surface area contributed by atoms with Crippen LogP contribution in [0.3, 0.4) is 0 Å². The van der Waals surface area contributed by atoms with E-state index in [1.165, 1.54) is 12.8 Å². The summed E-state index contributed by atoms with van der Waals surface area (Å²) in [7, 11) is 1.87. The van der Waals surface area contributed by atoms with Crippen molar-refractivity contribution >= 4 is 5.91 Å². The van der Waals surface area contributed by atoms with Crippen LogP contribution in [-0.4, -0.2) is 42.5 Å². The maximum absolute atomic E-state index is 12.1. The second-order valence-electron chi connectivity index (χ2n) is 4.63. The van der Waals surface area contributed by atoms with E-state index >= 15 is 0 Å². The summed E-state index contributed by atoms with van der Waals surface area (Å²) in [4.78, 5) is 17.8. The molecule has 1 aliphatic heterocycles. The average molecular weight is 233 g/mol. The Balaban J connectivity index is 1.91. The summed E-state index contributed by atoms with van der Waals surface area (Å²) in [6.45, 7) is 2.96. The van der Waals surface area contributed by atoms with Gasteiger partial charge in [0.2, 0.25) is 0 Å². The predicted octanol–water partition coefficient (Wildman–Crippen LogP) is 1.15. The molecular weight excluding hydrogens is 214 g/mol. The number of amides is 1. The van der Waals surface area contributed by atoms with Gasteiger partial charge in [-0.2, -0.15) is 0 Å². The highest BCUT2D eigenvalue weighted by atomic mass is 16.2. The first kappa shape index (κ1) is 12.0. The smallest absolute Gasteiger partial charge is 0.253 e. The van der Waals surface area contributed by atoms with Crippen molar-refractivity contribution in [1.82, 2.24) is 15.2 Å². The van der Waals surface area contributed by atoms with Gasteiger partial charge >= 0.3 is 0 Å². The molecule has 4 nitrogen and oxygen atoms in total. The minimum atomic E-state index is 0.0815. The molecule has 17 heavy (non-hydrogen) atoms. The number of hydrogen-bond donors (Lipinski definition) is 1. The molecule has 0 saturated carbocycles. The van der Waals surface area contributed by atoms with Crippen molar-refractivity contribution in [2.45, 2.75) is 12.8 Å². The van der Waals surface area contributed by atoms with Gasteiger partial charge in [0, 0.05) is 31.5 Å². The van der Waals surface area contributed by atoms with Crippen molar-refractivity contribution in [3.63, 3.8) is 0 Å². The van der Waals surface area contributed by atoms with Crippen LogP contribution in [0.25, 0.3) is 0 Å². The summed E-state index contributed by atoms with van der Waals surface area (Å²) in [6, 6.07) is 3.52. The fourth-order valence-electron chi connectivity index (χ4n) is 2.26. The quantitative estimate of drug-likeness (QED) is 0.852. The van der Waals surface area contributed by atoms with Crippen LogP contribution >= 0.6 is 0 Å². The van der Waals surface area contributed by atoms with Crippen LogP contribution in [-0.2, 0) is 0 Å². The zero-order chi connectivity index (χ0) is 12.1. The number of pyridine rings is 1. The zero-order valence-electron chi connectivity index (χ0n) is 10.2. The summed E-state index contributed by atoms with van der Waals surface area (Å²) in [6.07, 6.45) is 5.73. The van der Waals surface area contributed by atoms with Gasteiger partial charge in [0.25, 0.3) is 5.91 Å². The van der Waals surface area contributed by atoms with E-state index in [4.69, 9.17) is 0 Å². The Kier molecular flexibility index (Phi) is 4.09. The number of aromatic nitrogens is 1. The largest absolute Gasteiger partial charge is 0.341 e. The summed E-state index contributed by atoms with van der Waals surface area (Å²) in [5.74, 6) is 0.664. The van der Waals surface area contributed by atoms with E-state index in [2.05, 4.69) is 10.3 Å². The Bertz CT molecular complexity index is 360. The number of rotatable bonds is 3. The van der Waals surface area contributed by atoms with Crippen molar-refractivity contribution < 1.29 is 4.79 Å². The topological polar surface area (TPSA) is 45.2 Å². The monoisotopic (exact) mass is 233 g/mol. The molecule has 0 aromatic carbocycles. The van der Waals surface area contributed by atoms with Crippen molar-refractivity contribution in [3.8, 4) is 0 Å². The lowest BCUT2D eigenvalue weighted by Gasteiger charge is -2.27. The van der Waals surface area contributed by atoms with Gasteiger partial charge in [-0.05, 0) is 44.0 Å². The number of nitrogens with zero attached hydrogens (tertiary/aromatic N) is 2. The fourth-order valence-corrected chi connectivity index (χ4v) is 2.26. The summed E-state index contributed by atoms with van der Waals surface area (Å²) in [5.41, 5.74) is 0.714. The van der Waals surface area contributed by atoms with Gasteiger partial charge in [-0.1, -0.05) is 0 Å². The minimum Gasteiger partial charge on any atom is -0.341 e. The maximum Gasteiger partial charge on any atom is 0.253 e. The number of piperidine rings is 1. The van der Waals surface area contributed by atoms with Gasteiger partial charge in [-0.25, -0.2) is 0 Å². The van der Waals surface area contributed by atoms with Gasteiger partial charge in [0.1, 0.15) is 0 Å². The second-order valence-corrected chi connectivity index (χ2v) is 4.63. The highest BCUT2D eigenvalue weighted by Gasteiger charge is 2.18. The van der Waals surface area contributed by atoms with Crippen LogP contribution in [0.5, 0.6) is 0 Å². The molecule has 1 atom stereocenters. The van der Waals surface area contributed by atoms with Gasteiger partial charge in [0.15, 0.2) is 0 Å². The Labute approximate surface area is 102 Å². The number of nitrogens with one attached hydrogen (secondary N) is 1. The van der Waals surface area contributed by atoms with Crippen LogP contribution in [0.15, 0.2) is 24.5 Å². The Hall–Kier alpha value is -1.42. The summed E-state index contributed by atoms with van der Waals surface area (Å²) >= 11 is 0. The van der Waals surface area contributed by atoms with E-state index in [-0.39, 0.29) is 5.91 Å². The molecule has 1 amide bonds. The van der Waals surface area contributed by atoms with E-state index < -0.39 is 0 Å². The number of carbonyl (C=O) groups is 1. The van der Waals surface area contributed by atoms with E-state index in [9.17, 15) is 4.79 Å². The predicted molar refractivity (Wildman–Crippen MR) is 66.8 cm³/mol. The molecule has 2 rings (SSSR count). The van der Waals surface area contributed by atoms with Crippen molar-refractivity contribution in [3.05, 3.63) is 30.1 Å². The molecule has 1 unspecified atom stereocenters. The van der Waals surface area contributed by atoms with Gasteiger partial charge in [-0.15, -0.1) is 0 Å². The van der Waals surface area contributed by atoms with Crippen molar-refractivity contribution in [2.24, 2.45) is 5.92 Å². The molecule has 0 spiro atoms. The lowest BCUT2D eigenvalue weighted by Crippen LogP contribution is -2.39. The summed E-state index contributed by atoms with van der Waals surface area (Å²) < 4.78 is 0. The zero-order valence-corrected chi connectivity index (χ0v) is 10.2. The van der Waals surface area contributed by atoms with E-state index in [1.54, 1.807) is 24.5 Å². The highest BCUT2D eigenvalue weighted by Crippen LogP contribution is 2.12. The van der Waals surface area contributed by atoms with E-state index in [0.717, 1.165) is 19.6 Å². The first-order valence-electron chi connectivity index (χ1n) is 6.13. The van der Waals surface area contributed by atoms with Gasteiger partial charge in [0.05, 0.1) is 0 Å². The minimum absolute atomic E-state index is 0.0815. The molecular formula is C13H19N3O. The molecule has 4 heteroatoms. The van der Waals surface area contributed by atoms with Crippen LogP contribution in [0.2, 0.25) is 0 Å². The molecule has 92 valence electrons. The maximum atomic E-state index is 12.1.